The highest BCUT2D eigenvalue weighted by molar-refractivity contribution is 9.10. The fourth-order valence-electron chi connectivity index (χ4n) is 1.82. The van der Waals surface area contributed by atoms with Gasteiger partial charge in [-0.2, -0.15) is 0 Å². The van der Waals surface area contributed by atoms with Crippen molar-refractivity contribution in [3.63, 3.8) is 0 Å². The van der Waals surface area contributed by atoms with Crippen LogP contribution in [0.4, 0.5) is 0 Å². The van der Waals surface area contributed by atoms with Gasteiger partial charge < -0.3 is 10.2 Å². The molecule has 1 fully saturated rings. The van der Waals surface area contributed by atoms with Crippen LogP contribution in [0.1, 0.15) is 5.56 Å². The van der Waals surface area contributed by atoms with Gasteiger partial charge in [0.1, 0.15) is 0 Å². The molecule has 2 atom stereocenters. The largest absolute Gasteiger partial charge is 0.389 e. The first-order chi connectivity index (χ1) is 7.15. The lowest BCUT2D eigenvalue weighted by Crippen LogP contribution is -2.22. The number of rotatable bonds is 2. The summed E-state index contributed by atoms with van der Waals surface area (Å²) < 4.78 is 1.06. The van der Waals surface area contributed by atoms with Gasteiger partial charge in [0, 0.05) is 24.1 Å². The molecule has 2 rings (SSSR count). The van der Waals surface area contributed by atoms with Crippen LogP contribution < -0.4 is 0 Å². The number of likely N-dealkylation sites (tertiary alicyclic amines) is 1. The third-order valence-corrected chi connectivity index (χ3v) is 3.18. The number of aliphatic hydroxyl groups excluding tert-OH is 2. The fourth-order valence-corrected chi connectivity index (χ4v) is 2.09. The third-order valence-electron chi connectivity index (χ3n) is 2.65. The van der Waals surface area contributed by atoms with Crippen molar-refractivity contribution in [1.82, 2.24) is 4.90 Å². The smallest absolute Gasteiger partial charge is 0.0938 e. The molecular weight excluding hydrogens is 258 g/mol. The highest BCUT2D eigenvalue weighted by Gasteiger charge is 2.29. The summed E-state index contributed by atoms with van der Waals surface area (Å²) in [6.07, 6.45) is -1.19. The van der Waals surface area contributed by atoms with Crippen molar-refractivity contribution in [2.75, 3.05) is 13.1 Å². The molecule has 0 saturated carbocycles. The van der Waals surface area contributed by atoms with Crippen molar-refractivity contribution in [2.45, 2.75) is 18.8 Å². The molecule has 2 N–H and O–H groups in total. The van der Waals surface area contributed by atoms with Gasteiger partial charge in [-0.1, -0.05) is 28.1 Å². The quantitative estimate of drug-likeness (QED) is 0.843. The first kappa shape index (κ1) is 11.1. The van der Waals surface area contributed by atoms with E-state index in [1.165, 1.54) is 5.56 Å². The minimum absolute atomic E-state index is 0.553. The average Bonchev–Trinajstić information content (AvgIpc) is 2.50. The Morgan fingerprint density at radius 1 is 1.13 bits per heavy atom. The molecule has 15 heavy (non-hydrogen) atoms. The lowest BCUT2D eigenvalue weighted by atomic mass is 10.2. The molecule has 0 radical (unpaired) electrons. The van der Waals surface area contributed by atoms with Gasteiger partial charge in [-0.25, -0.2) is 0 Å². The molecule has 3 nitrogen and oxygen atoms in total. The Hall–Kier alpha value is -0.420. The van der Waals surface area contributed by atoms with Crippen molar-refractivity contribution < 1.29 is 10.2 Å². The second kappa shape index (κ2) is 4.61. The zero-order valence-corrected chi connectivity index (χ0v) is 9.89. The van der Waals surface area contributed by atoms with E-state index >= 15 is 0 Å². The van der Waals surface area contributed by atoms with Gasteiger partial charge in [0.2, 0.25) is 0 Å². The van der Waals surface area contributed by atoms with Crippen LogP contribution in [0.3, 0.4) is 0 Å². The Bertz CT molecular complexity index is 318. The molecule has 1 saturated heterocycles. The van der Waals surface area contributed by atoms with E-state index in [0.717, 1.165) is 11.0 Å². The minimum atomic E-state index is -0.597. The number of hydrogen-bond acceptors (Lipinski definition) is 3. The Morgan fingerprint density at radius 2 is 1.67 bits per heavy atom. The number of benzene rings is 1. The molecule has 0 bridgehead atoms. The summed E-state index contributed by atoms with van der Waals surface area (Å²) in [5, 5.41) is 18.8. The predicted octanol–water partition coefficient (Wildman–Crippen LogP) is 0.986. The van der Waals surface area contributed by atoms with Gasteiger partial charge >= 0.3 is 0 Å². The van der Waals surface area contributed by atoms with E-state index in [1.807, 2.05) is 24.3 Å². The van der Waals surface area contributed by atoms with Gasteiger partial charge in [0.25, 0.3) is 0 Å². The topological polar surface area (TPSA) is 43.7 Å². The molecule has 1 aliphatic rings. The molecule has 0 aromatic heterocycles. The van der Waals surface area contributed by atoms with Gasteiger partial charge in [-0.15, -0.1) is 0 Å². The summed E-state index contributed by atoms with van der Waals surface area (Å²) in [4.78, 5) is 2.05. The maximum Gasteiger partial charge on any atom is 0.0938 e. The number of hydrogen-bond donors (Lipinski definition) is 2. The molecule has 82 valence electrons. The molecule has 1 heterocycles. The Balaban J connectivity index is 1.95. The maximum absolute atomic E-state index is 9.39. The predicted molar refractivity (Wildman–Crippen MR) is 61.4 cm³/mol. The van der Waals surface area contributed by atoms with E-state index in [1.54, 1.807) is 0 Å². The van der Waals surface area contributed by atoms with Crippen LogP contribution in [-0.2, 0) is 6.54 Å². The highest BCUT2D eigenvalue weighted by atomic mass is 79.9. The number of halogens is 1. The van der Waals surface area contributed by atoms with Gasteiger partial charge in [-0.05, 0) is 17.7 Å². The summed E-state index contributed by atoms with van der Waals surface area (Å²) in [7, 11) is 0. The Morgan fingerprint density at radius 3 is 2.20 bits per heavy atom. The molecule has 4 heteroatoms. The number of aliphatic hydroxyl groups is 2. The van der Waals surface area contributed by atoms with Gasteiger partial charge in [-0.3, -0.25) is 4.90 Å². The van der Waals surface area contributed by atoms with E-state index in [0.29, 0.717) is 13.1 Å². The van der Waals surface area contributed by atoms with Crippen LogP contribution in [0.15, 0.2) is 28.7 Å². The van der Waals surface area contributed by atoms with Crippen molar-refractivity contribution in [2.24, 2.45) is 0 Å². The zero-order valence-electron chi connectivity index (χ0n) is 8.31. The molecule has 1 aromatic rings. The molecule has 0 amide bonds. The van der Waals surface area contributed by atoms with Crippen LogP contribution in [0, 0.1) is 0 Å². The van der Waals surface area contributed by atoms with Gasteiger partial charge in [0.15, 0.2) is 0 Å². The van der Waals surface area contributed by atoms with Crippen molar-refractivity contribution in [1.29, 1.82) is 0 Å². The first-order valence-corrected chi connectivity index (χ1v) is 5.77. The van der Waals surface area contributed by atoms with E-state index in [2.05, 4.69) is 20.8 Å². The highest BCUT2D eigenvalue weighted by Crippen LogP contribution is 2.16. The summed E-state index contributed by atoms with van der Waals surface area (Å²) in [6.45, 7) is 1.88. The SMILES string of the molecule is O[C@H]1CN(Cc2ccc(Br)cc2)C[C@@H]1O. The molecule has 0 aliphatic carbocycles. The van der Waals surface area contributed by atoms with Crippen LogP contribution >= 0.6 is 15.9 Å². The van der Waals surface area contributed by atoms with E-state index < -0.39 is 12.2 Å². The van der Waals surface area contributed by atoms with Crippen LogP contribution in [0.2, 0.25) is 0 Å². The van der Waals surface area contributed by atoms with E-state index in [4.69, 9.17) is 0 Å². The number of β-amino-alcohol motifs (C(OH)–C–C–N with tert-alkyl or cyclic N) is 2. The second-order valence-corrected chi connectivity index (χ2v) is 4.87. The lowest BCUT2D eigenvalue weighted by molar-refractivity contribution is 0.0572. The Labute approximate surface area is 97.5 Å². The third kappa shape index (κ3) is 2.78. The molecular formula is C11H14BrNO2. The van der Waals surface area contributed by atoms with Crippen LogP contribution in [0.5, 0.6) is 0 Å². The summed E-state index contributed by atoms with van der Waals surface area (Å²) in [6, 6.07) is 8.08. The number of nitrogens with zero attached hydrogens (tertiary/aromatic N) is 1. The van der Waals surface area contributed by atoms with Crippen LogP contribution in [0.25, 0.3) is 0 Å². The first-order valence-electron chi connectivity index (χ1n) is 4.98. The zero-order chi connectivity index (χ0) is 10.8. The van der Waals surface area contributed by atoms with Crippen LogP contribution in [-0.4, -0.2) is 40.4 Å². The maximum atomic E-state index is 9.39. The normalized spacial score (nSPS) is 27.1. The molecule has 0 spiro atoms. The van der Waals surface area contributed by atoms with Crippen molar-refractivity contribution >= 4 is 15.9 Å². The minimum Gasteiger partial charge on any atom is -0.389 e. The molecule has 1 aliphatic heterocycles. The monoisotopic (exact) mass is 271 g/mol. The standard InChI is InChI=1S/C11H14BrNO2/c12-9-3-1-8(2-4-9)5-13-6-10(14)11(15)7-13/h1-4,10-11,14-15H,5-7H2/t10-,11-/m0/s1. The fraction of sp³-hybridized carbons (Fsp3) is 0.455. The lowest BCUT2D eigenvalue weighted by Gasteiger charge is -2.14. The van der Waals surface area contributed by atoms with Crippen molar-refractivity contribution in [3.05, 3.63) is 34.3 Å². The summed E-state index contributed by atoms with van der Waals surface area (Å²) in [5.74, 6) is 0. The summed E-state index contributed by atoms with van der Waals surface area (Å²) >= 11 is 3.38. The van der Waals surface area contributed by atoms with Gasteiger partial charge in [0.05, 0.1) is 12.2 Å². The summed E-state index contributed by atoms with van der Waals surface area (Å²) in [5.41, 5.74) is 1.19. The molecule has 0 unspecified atom stereocenters. The Kier molecular flexibility index (Phi) is 3.41. The molecule has 1 aromatic carbocycles. The average molecular weight is 272 g/mol. The second-order valence-electron chi connectivity index (χ2n) is 3.96. The van der Waals surface area contributed by atoms with E-state index in [9.17, 15) is 10.2 Å². The van der Waals surface area contributed by atoms with E-state index in [-0.39, 0.29) is 0 Å². The van der Waals surface area contributed by atoms with Crippen molar-refractivity contribution in [3.8, 4) is 0 Å².